The highest BCUT2D eigenvalue weighted by molar-refractivity contribution is 7.99. The lowest BCUT2D eigenvalue weighted by atomic mass is 9.98. The van der Waals surface area contributed by atoms with Gasteiger partial charge >= 0.3 is 5.97 Å². The van der Waals surface area contributed by atoms with Gasteiger partial charge in [-0.1, -0.05) is 6.92 Å². The second-order valence-electron chi connectivity index (χ2n) is 4.07. The van der Waals surface area contributed by atoms with Gasteiger partial charge in [0.1, 0.15) is 0 Å². The van der Waals surface area contributed by atoms with Gasteiger partial charge in [-0.2, -0.15) is 11.8 Å². The number of piperidine rings is 1. The van der Waals surface area contributed by atoms with Gasteiger partial charge in [0.25, 0.3) is 0 Å². The molecule has 0 unspecified atom stereocenters. The van der Waals surface area contributed by atoms with Gasteiger partial charge in [-0.05, 0) is 25.0 Å². The van der Waals surface area contributed by atoms with Crippen molar-refractivity contribution in [1.29, 1.82) is 0 Å². The summed E-state index contributed by atoms with van der Waals surface area (Å²) in [5.41, 5.74) is 0. The number of carboxylic acid groups (broad SMARTS) is 1. The molecule has 1 saturated heterocycles. The van der Waals surface area contributed by atoms with Gasteiger partial charge in [0.05, 0.1) is 11.7 Å². The van der Waals surface area contributed by atoms with Crippen molar-refractivity contribution < 1.29 is 14.7 Å². The first-order chi connectivity index (χ1) is 7.65. The summed E-state index contributed by atoms with van der Waals surface area (Å²) in [5, 5.41) is 8.91. The van der Waals surface area contributed by atoms with E-state index in [1.807, 2.05) is 0 Å². The zero-order valence-corrected chi connectivity index (χ0v) is 10.5. The van der Waals surface area contributed by atoms with Crippen LogP contribution in [0.4, 0.5) is 0 Å². The summed E-state index contributed by atoms with van der Waals surface area (Å²) in [7, 11) is 0. The SMILES string of the molecule is CCCSCC(=O)N1CCC[C@H](C(=O)O)C1. The zero-order chi connectivity index (χ0) is 12.0. The molecule has 5 heteroatoms. The molecule has 0 bridgehead atoms. The van der Waals surface area contributed by atoms with E-state index in [0.717, 1.165) is 25.1 Å². The zero-order valence-electron chi connectivity index (χ0n) is 9.65. The van der Waals surface area contributed by atoms with E-state index >= 15 is 0 Å². The van der Waals surface area contributed by atoms with Crippen molar-refractivity contribution >= 4 is 23.6 Å². The lowest BCUT2D eigenvalue weighted by molar-refractivity contribution is -0.145. The minimum absolute atomic E-state index is 0.0874. The Labute approximate surface area is 100 Å². The molecule has 0 aromatic carbocycles. The molecule has 1 aliphatic heterocycles. The Bertz CT molecular complexity index is 258. The highest BCUT2D eigenvalue weighted by Crippen LogP contribution is 2.17. The maximum absolute atomic E-state index is 11.8. The Morgan fingerprint density at radius 3 is 2.88 bits per heavy atom. The Hall–Kier alpha value is -0.710. The maximum atomic E-state index is 11.8. The number of thioether (sulfide) groups is 1. The van der Waals surface area contributed by atoms with Gasteiger partial charge in [-0.3, -0.25) is 9.59 Å². The van der Waals surface area contributed by atoms with E-state index in [1.165, 1.54) is 0 Å². The molecular formula is C11H19NO3S. The van der Waals surface area contributed by atoms with Crippen molar-refractivity contribution in [2.45, 2.75) is 26.2 Å². The molecule has 0 saturated carbocycles. The third-order valence-corrected chi connectivity index (χ3v) is 3.85. The van der Waals surface area contributed by atoms with E-state index in [0.29, 0.717) is 18.7 Å². The summed E-state index contributed by atoms with van der Waals surface area (Å²) in [4.78, 5) is 24.3. The van der Waals surface area contributed by atoms with Crippen LogP contribution in [0.15, 0.2) is 0 Å². The second-order valence-corrected chi connectivity index (χ2v) is 5.17. The molecule has 0 aromatic heterocycles. The lowest BCUT2D eigenvalue weighted by Gasteiger charge is -2.30. The Kier molecular flexibility index (Phi) is 5.66. The normalized spacial score (nSPS) is 20.8. The minimum Gasteiger partial charge on any atom is -0.481 e. The van der Waals surface area contributed by atoms with Crippen molar-refractivity contribution in [3.05, 3.63) is 0 Å². The molecule has 1 aliphatic rings. The molecule has 1 rings (SSSR count). The van der Waals surface area contributed by atoms with Crippen molar-refractivity contribution in [3.8, 4) is 0 Å². The molecule has 1 atom stereocenters. The molecule has 0 radical (unpaired) electrons. The molecular weight excluding hydrogens is 226 g/mol. The number of hydrogen-bond acceptors (Lipinski definition) is 3. The van der Waals surface area contributed by atoms with Gasteiger partial charge in [-0.15, -0.1) is 0 Å². The van der Waals surface area contributed by atoms with Gasteiger partial charge in [-0.25, -0.2) is 0 Å². The summed E-state index contributed by atoms with van der Waals surface area (Å²) in [6.45, 7) is 3.19. The monoisotopic (exact) mass is 245 g/mol. The summed E-state index contributed by atoms with van der Waals surface area (Å²) < 4.78 is 0. The first-order valence-corrected chi connectivity index (χ1v) is 6.89. The molecule has 16 heavy (non-hydrogen) atoms. The smallest absolute Gasteiger partial charge is 0.308 e. The van der Waals surface area contributed by atoms with Crippen molar-refractivity contribution in [2.75, 3.05) is 24.6 Å². The highest BCUT2D eigenvalue weighted by atomic mass is 32.2. The molecule has 1 heterocycles. The number of likely N-dealkylation sites (tertiary alicyclic amines) is 1. The van der Waals surface area contributed by atoms with Crippen LogP contribution in [0, 0.1) is 5.92 Å². The fraction of sp³-hybridized carbons (Fsp3) is 0.818. The molecule has 4 nitrogen and oxygen atoms in total. The largest absolute Gasteiger partial charge is 0.481 e. The van der Waals surface area contributed by atoms with Crippen LogP contribution in [0.1, 0.15) is 26.2 Å². The van der Waals surface area contributed by atoms with E-state index < -0.39 is 5.97 Å². The fourth-order valence-corrected chi connectivity index (χ4v) is 2.59. The number of hydrogen-bond donors (Lipinski definition) is 1. The van der Waals surface area contributed by atoms with Crippen LogP contribution in [0.2, 0.25) is 0 Å². The van der Waals surface area contributed by atoms with Crippen LogP contribution in [-0.4, -0.2) is 46.5 Å². The molecule has 1 fully saturated rings. The Morgan fingerprint density at radius 1 is 1.50 bits per heavy atom. The Morgan fingerprint density at radius 2 is 2.25 bits per heavy atom. The highest BCUT2D eigenvalue weighted by Gasteiger charge is 2.27. The molecule has 0 spiro atoms. The average Bonchev–Trinajstić information content (AvgIpc) is 2.29. The van der Waals surface area contributed by atoms with Crippen molar-refractivity contribution in [3.63, 3.8) is 0 Å². The van der Waals surface area contributed by atoms with Crippen LogP contribution in [-0.2, 0) is 9.59 Å². The van der Waals surface area contributed by atoms with E-state index in [1.54, 1.807) is 16.7 Å². The molecule has 0 aliphatic carbocycles. The summed E-state index contributed by atoms with van der Waals surface area (Å²) in [6.07, 6.45) is 2.57. The van der Waals surface area contributed by atoms with E-state index in [2.05, 4.69) is 6.92 Å². The minimum atomic E-state index is -0.779. The predicted octanol–water partition coefficient (Wildman–Crippen LogP) is 1.45. The molecule has 1 N–H and O–H groups in total. The summed E-state index contributed by atoms with van der Waals surface area (Å²) in [5.74, 6) is 0.416. The lowest BCUT2D eigenvalue weighted by Crippen LogP contribution is -2.43. The standard InChI is InChI=1S/C11H19NO3S/c1-2-6-16-8-10(13)12-5-3-4-9(7-12)11(14)15/h9H,2-8H2,1H3,(H,14,15)/t9-/m0/s1. The van der Waals surface area contributed by atoms with Crippen LogP contribution in [0.3, 0.4) is 0 Å². The summed E-state index contributed by atoms with van der Waals surface area (Å²) in [6, 6.07) is 0. The number of nitrogens with zero attached hydrogens (tertiary/aromatic N) is 1. The van der Waals surface area contributed by atoms with Gasteiger partial charge in [0, 0.05) is 13.1 Å². The number of carboxylic acids is 1. The second kappa shape index (κ2) is 6.78. The number of rotatable bonds is 5. The van der Waals surface area contributed by atoms with Crippen LogP contribution in [0.5, 0.6) is 0 Å². The maximum Gasteiger partial charge on any atom is 0.308 e. The first-order valence-electron chi connectivity index (χ1n) is 5.73. The van der Waals surface area contributed by atoms with Crippen LogP contribution >= 0.6 is 11.8 Å². The number of carbonyl (C=O) groups is 2. The van der Waals surface area contributed by atoms with E-state index in [9.17, 15) is 9.59 Å². The van der Waals surface area contributed by atoms with Crippen molar-refractivity contribution in [2.24, 2.45) is 5.92 Å². The average molecular weight is 245 g/mol. The van der Waals surface area contributed by atoms with Gasteiger partial charge in [0.2, 0.25) is 5.91 Å². The summed E-state index contributed by atoms with van der Waals surface area (Å²) >= 11 is 1.63. The fourth-order valence-electron chi connectivity index (χ4n) is 1.80. The molecule has 92 valence electrons. The third kappa shape index (κ3) is 4.04. The quantitative estimate of drug-likeness (QED) is 0.745. The first kappa shape index (κ1) is 13.4. The number of aliphatic carboxylic acids is 1. The predicted molar refractivity (Wildman–Crippen MR) is 64.6 cm³/mol. The topological polar surface area (TPSA) is 57.6 Å². The van der Waals surface area contributed by atoms with E-state index in [4.69, 9.17) is 5.11 Å². The third-order valence-electron chi connectivity index (χ3n) is 2.70. The Balaban J connectivity index is 2.35. The van der Waals surface area contributed by atoms with Crippen LogP contribution < -0.4 is 0 Å². The number of amides is 1. The van der Waals surface area contributed by atoms with Gasteiger partial charge < -0.3 is 10.0 Å². The van der Waals surface area contributed by atoms with Gasteiger partial charge in [0.15, 0.2) is 0 Å². The number of carbonyl (C=O) groups excluding carboxylic acids is 1. The van der Waals surface area contributed by atoms with Crippen LogP contribution in [0.25, 0.3) is 0 Å². The molecule has 1 amide bonds. The molecule has 0 aromatic rings. The van der Waals surface area contributed by atoms with Crippen molar-refractivity contribution in [1.82, 2.24) is 4.90 Å². The van der Waals surface area contributed by atoms with E-state index in [-0.39, 0.29) is 11.8 Å².